The van der Waals surface area contributed by atoms with Gasteiger partial charge in [-0.15, -0.1) is 0 Å². The average Bonchev–Trinajstić information content (AvgIpc) is 2.95. The minimum atomic E-state index is -0.353. The summed E-state index contributed by atoms with van der Waals surface area (Å²) in [5, 5.41) is 0.760. The van der Waals surface area contributed by atoms with Gasteiger partial charge in [0.25, 0.3) is 0 Å². The van der Waals surface area contributed by atoms with Crippen LogP contribution in [-0.4, -0.2) is 44.2 Å². The number of furan rings is 1. The van der Waals surface area contributed by atoms with E-state index in [1.807, 2.05) is 18.2 Å². The van der Waals surface area contributed by atoms with Crippen molar-refractivity contribution in [2.45, 2.75) is 13.5 Å². The number of anilines is 1. The van der Waals surface area contributed by atoms with Crippen LogP contribution < -0.4 is 4.90 Å². The number of carbonyl (C=O) groups is 1. The second-order valence-electron chi connectivity index (χ2n) is 5.92. The van der Waals surface area contributed by atoms with Crippen molar-refractivity contribution < 1.29 is 13.9 Å². The normalized spacial score (nSPS) is 15.5. The van der Waals surface area contributed by atoms with Crippen LogP contribution >= 0.6 is 11.6 Å². The summed E-state index contributed by atoms with van der Waals surface area (Å²) in [6.45, 7) is 6.21. The molecule has 1 fully saturated rings. The SMILES string of the molecule is COC(=O)c1cc(CN2CCN(c3cccc(Cl)c3)CC2)oc1C. The lowest BCUT2D eigenvalue weighted by molar-refractivity contribution is 0.0599. The number of rotatable bonds is 4. The van der Waals surface area contributed by atoms with Gasteiger partial charge in [0.1, 0.15) is 17.1 Å². The van der Waals surface area contributed by atoms with E-state index < -0.39 is 0 Å². The summed E-state index contributed by atoms with van der Waals surface area (Å²) in [6.07, 6.45) is 0. The smallest absolute Gasteiger partial charge is 0.341 e. The predicted octanol–water partition coefficient (Wildman–Crippen LogP) is 3.35. The zero-order valence-electron chi connectivity index (χ0n) is 13.9. The standard InChI is InChI=1S/C18H21ClN2O3/c1-13-17(18(22)23-2)11-16(24-13)12-20-6-8-21(9-7-20)15-5-3-4-14(19)10-15/h3-5,10-11H,6-9,12H2,1-2H3. The summed E-state index contributed by atoms with van der Waals surface area (Å²) in [5.41, 5.74) is 1.66. The summed E-state index contributed by atoms with van der Waals surface area (Å²) >= 11 is 6.07. The molecule has 5 nitrogen and oxygen atoms in total. The van der Waals surface area contributed by atoms with Gasteiger partial charge in [-0.3, -0.25) is 4.90 Å². The van der Waals surface area contributed by atoms with Crippen LogP contribution in [0.25, 0.3) is 0 Å². The molecule has 0 N–H and O–H groups in total. The van der Waals surface area contributed by atoms with Gasteiger partial charge >= 0.3 is 5.97 Å². The van der Waals surface area contributed by atoms with E-state index in [0.717, 1.165) is 42.6 Å². The second-order valence-corrected chi connectivity index (χ2v) is 6.35. The third-order valence-electron chi connectivity index (χ3n) is 4.30. The van der Waals surface area contributed by atoms with Gasteiger partial charge in [-0.25, -0.2) is 4.79 Å². The molecule has 6 heteroatoms. The van der Waals surface area contributed by atoms with Crippen LogP contribution in [0.2, 0.25) is 5.02 Å². The number of aryl methyl sites for hydroxylation is 1. The third-order valence-corrected chi connectivity index (χ3v) is 4.53. The second kappa shape index (κ2) is 7.28. The minimum absolute atomic E-state index is 0.353. The molecule has 24 heavy (non-hydrogen) atoms. The largest absolute Gasteiger partial charge is 0.465 e. The van der Waals surface area contributed by atoms with Crippen molar-refractivity contribution in [3.05, 3.63) is 52.4 Å². The van der Waals surface area contributed by atoms with Gasteiger partial charge in [0.2, 0.25) is 0 Å². The molecule has 128 valence electrons. The molecule has 2 aromatic rings. The van der Waals surface area contributed by atoms with Crippen LogP contribution in [0, 0.1) is 6.92 Å². The Morgan fingerprint density at radius 3 is 2.67 bits per heavy atom. The van der Waals surface area contributed by atoms with Gasteiger partial charge in [-0.1, -0.05) is 17.7 Å². The van der Waals surface area contributed by atoms with E-state index in [0.29, 0.717) is 17.9 Å². The van der Waals surface area contributed by atoms with E-state index in [-0.39, 0.29) is 5.97 Å². The van der Waals surface area contributed by atoms with Gasteiger partial charge in [-0.05, 0) is 31.2 Å². The summed E-state index contributed by atoms with van der Waals surface area (Å²) in [6, 6.07) is 9.73. The lowest BCUT2D eigenvalue weighted by Crippen LogP contribution is -2.45. The first-order valence-electron chi connectivity index (χ1n) is 7.97. The maximum absolute atomic E-state index is 11.7. The van der Waals surface area contributed by atoms with Crippen molar-refractivity contribution in [2.24, 2.45) is 0 Å². The summed E-state index contributed by atoms with van der Waals surface area (Å²) in [5.74, 6) is 1.05. The van der Waals surface area contributed by atoms with Gasteiger partial charge in [0, 0.05) is 36.9 Å². The number of ether oxygens (including phenoxy) is 1. The Labute approximate surface area is 146 Å². The van der Waals surface area contributed by atoms with Crippen molar-refractivity contribution in [2.75, 3.05) is 38.2 Å². The molecule has 0 spiro atoms. The zero-order valence-corrected chi connectivity index (χ0v) is 14.7. The number of hydrogen-bond acceptors (Lipinski definition) is 5. The molecule has 0 bridgehead atoms. The van der Waals surface area contributed by atoms with Crippen molar-refractivity contribution >= 4 is 23.3 Å². The molecule has 3 rings (SSSR count). The Morgan fingerprint density at radius 2 is 2.00 bits per heavy atom. The molecular weight excluding hydrogens is 328 g/mol. The third kappa shape index (κ3) is 3.74. The molecule has 1 saturated heterocycles. The highest BCUT2D eigenvalue weighted by Gasteiger charge is 2.21. The number of methoxy groups -OCH3 is 1. The number of carbonyl (C=O) groups excluding carboxylic acids is 1. The average molecular weight is 349 g/mol. The molecule has 0 atom stereocenters. The number of nitrogens with zero attached hydrogens (tertiary/aromatic N) is 2. The summed E-state index contributed by atoms with van der Waals surface area (Å²) in [4.78, 5) is 16.3. The Morgan fingerprint density at radius 1 is 1.25 bits per heavy atom. The number of esters is 1. The fourth-order valence-corrected chi connectivity index (χ4v) is 3.18. The van der Waals surface area contributed by atoms with Crippen LogP contribution in [-0.2, 0) is 11.3 Å². The first-order chi connectivity index (χ1) is 11.6. The Kier molecular flexibility index (Phi) is 5.11. The first-order valence-corrected chi connectivity index (χ1v) is 8.35. The van der Waals surface area contributed by atoms with Gasteiger partial charge in [0.05, 0.1) is 13.7 Å². The van der Waals surface area contributed by atoms with Crippen molar-refractivity contribution in [1.29, 1.82) is 0 Å². The minimum Gasteiger partial charge on any atom is -0.465 e. The Bertz CT molecular complexity index is 721. The van der Waals surface area contributed by atoms with Crippen LogP contribution in [0.4, 0.5) is 5.69 Å². The Balaban J connectivity index is 1.59. The molecule has 1 aliphatic heterocycles. The van der Waals surface area contributed by atoms with E-state index in [2.05, 4.69) is 15.9 Å². The first kappa shape index (κ1) is 16.9. The van der Waals surface area contributed by atoms with Gasteiger partial charge in [-0.2, -0.15) is 0 Å². The number of benzene rings is 1. The molecule has 0 unspecified atom stereocenters. The van der Waals surface area contributed by atoms with E-state index in [9.17, 15) is 4.79 Å². The summed E-state index contributed by atoms with van der Waals surface area (Å²) < 4.78 is 10.5. The number of halogens is 1. The molecule has 0 radical (unpaired) electrons. The molecule has 1 aromatic heterocycles. The van der Waals surface area contributed by atoms with Crippen molar-refractivity contribution in [3.8, 4) is 0 Å². The van der Waals surface area contributed by atoms with Gasteiger partial charge in [0.15, 0.2) is 0 Å². The predicted molar refractivity (Wildman–Crippen MR) is 93.7 cm³/mol. The lowest BCUT2D eigenvalue weighted by Gasteiger charge is -2.35. The lowest BCUT2D eigenvalue weighted by atomic mass is 10.2. The van der Waals surface area contributed by atoms with Crippen LogP contribution in [0.3, 0.4) is 0 Å². The fourth-order valence-electron chi connectivity index (χ4n) is 2.99. The van der Waals surface area contributed by atoms with E-state index in [4.69, 9.17) is 20.8 Å². The maximum Gasteiger partial charge on any atom is 0.341 e. The van der Waals surface area contributed by atoms with E-state index >= 15 is 0 Å². The van der Waals surface area contributed by atoms with Crippen molar-refractivity contribution in [1.82, 2.24) is 4.90 Å². The maximum atomic E-state index is 11.7. The van der Waals surface area contributed by atoms with Crippen molar-refractivity contribution in [3.63, 3.8) is 0 Å². The molecule has 0 amide bonds. The molecule has 0 aliphatic carbocycles. The highest BCUT2D eigenvalue weighted by Crippen LogP contribution is 2.22. The van der Waals surface area contributed by atoms with Gasteiger partial charge < -0.3 is 14.1 Å². The molecule has 1 aromatic carbocycles. The van der Waals surface area contributed by atoms with Crippen LogP contribution in [0.15, 0.2) is 34.7 Å². The number of piperazine rings is 1. The fraction of sp³-hybridized carbons (Fsp3) is 0.389. The molecule has 2 heterocycles. The van der Waals surface area contributed by atoms with Crippen LogP contribution in [0.5, 0.6) is 0 Å². The molecule has 1 aliphatic rings. The topological polar surface area (TPSA) is 45.9 Å². The molecule has 0 saturated carbocycles. The zero-order chi connectivity index (χ0) is 17.1. The molecular formula is C18H21ClN2O3. The van der Waals surface area contributed by atoms with E-state index in [1.165, 1.54) is 7.11 Å². The number of hydrogen-bond donors (Lipinski definition) is 0. The quantitative estimate of drug-likeness (QED) is 0.793. The highest BCUT2D eigenvalue weighted by molar-refractivity contribution is 6.30. The Hall–Kier alpha value is -1.98. The highest BCUT2D eigenvalue weighted by atomic mass is 35.5. The van der Waals surface area contributed by atoms with E-state index in [1.54, 1.807) is 13.0 Å². The monoisotopic (exact) mass is 348 g/mol. The van der Waals surface area contributed by atoms with Crippen LogP contribution in [0.1, 0.15) is 21.9 Å². The summed E-state index contributed by atoms with van der Waals surface area (Å²) in [7, 11) is 1.38.